The fourth-order valence-electron chi connectivity index (χ4n) is 2.32. The SMILES string of the molecule is COC(=O)CNC(=O)c1ncc(-c2ccc3c(c2)OCCO3)cc1O. The van der Waals surface area contributed by atoms with Crippen LogP contribution in [0, 0.1) is 0 Å². The van der Waals surface area contributed by atoms with Gasteiger partial charge in [-0.2, -0.15) is 0 Å². The number of aromatic nitrogens is 1. The van der Waals surface area contributed by atoms with Crippen LogP contribution in [0.3, 0.4) is 0 Å². The summed E-state index contributed by atoms with van der Waals surface area (Å²) in [6.07, 6.45) is 1.46. The van der Waals surface area contributed by atoms with E-state index in [-0.39, 0.29) is 18.0 Å². The van der Waals surface area contributed by atoms with Crippen molar-refractivity contribution in [3.63, 3.8) is 0 Å². The average Bonchev–Trinajstić information content (AvgIpc) is 2.65. The molecular formula is C17H16N2O6. The Bertz CT molecular complexity index is 821. The van der Waals surface area contributed by atoms with E-state index in [1.54, 1.807) is 18.2 Å². The fraction of sp³-hybridized carbons (Fsp3) is 0.235. The van der Waals surface area contributed by atoms with Gasteiger partial charge in [0.15, 0.2) is 17.2 Å². The maximum Gasteiger partial charge on any atom is 0.325 e. The van der Waals surface area contributed by atoms with Crippen LogP contribution in [0.2, 0.25) is 0 Å². The van der Waals surface area contributed by atoms with E-state index >= 15 is 0 Å². The Morgan fingerprint density at radius 3 is 2.68 bits per heavy atom. The number of amides is 1. The maximum atomic E-state index is 11.9. The highest BCUT2D eigenvalue weighted by Crippen LogP contribution is 2.35. The summed E-state index contributed by atoms with van der Waals surface area (Å²) < 4.78 is 15.4. The summed E-state index contributed by atoms with van der Waals surface area (Å²) in [5.74, 6) is -0.291. The molecule has 25 heavy (non-hydrogen) atoms. The van der Waals surface area contributed by atoms with Crippen LogP contribution in [0.4, 0.5) is 0 Å². The lowest BCUT2D eigenvalue weighted by molar-refractivity contribution is -0.139. The Hall–Kier alpha value is -3.29. The predicted octanol–water partition coefficient (Wildman–Crippen LogP) is 1.13. The quantitative estimate of drug-likeness (QED) is 0.801. The van der Waals surface area contributed by atoms with Gasteiger partial charge in [-0.15, -0.1) is 0 Å². The third kappa shape index (κ3) is 3.63. The summed E-state index contributed by atoms with van der Waals surface area (Å²) in [5.41, 5.74) is 1.19. The third-order valence-electron chi connectivity index (χ3n) is 3.58. The lowest BCUT2D eigenvalue weighted by Gasteiger charge is -2.19. The van der Waals surface area contributed by atoms with Crippen molar-refractivity contribution in [1.82, 2.24) is 10.3 Å². The lowest BCUT2D eigenvalue weighted by atomic mass is 10.1. The molecule has 8 nitrogen and oxygen atoms in total. The van der Waals surface area contributed by atoms with Crippen LogP contribution in [0.1, 0.15) is 10.5 Å². The van der Waals surface area contributed by atoms with Crippen molar-refractivity contribution in [2.45, 2.75) is 0 Å². The van der Waals surface area contributed by atoms with Crippen LogP contribution in [-0.2, 0) is 9.53 Å². The number of rotatable bonds is 4. The zero-order valence-electron chi connectivity index (χ0n) is 13.4. The first-order valence-corrected chi connectivity index (χ1v) is 7.52. The summed E-state index contributed by atoms with van der Waals surface area (Å²) in [4.78, 5) is 27.0. The van der Waals surface area contributed by atoms with E-state index in [4.69, 9.17) is 9.47 Å². The monoisotopic (exact) mass is 344 g/mol. The minimum absolute atomic E-state index is 0.176. The molecule has 1 aromatic heterocycles. The van der Waals surface area contributed by atoms with Gasteiger partial charge in [0.25, 0.3) is 5.91 Å². The van der Waals surface area contributed by atoms with Crippen LogP contribution >= 0.6 is 0 Å². The number of carbonyl (C=O) groups is 2. The summed E-state index contributed by atoms with van der Waals surface area (Å²) in [6.45, 7) is 0.670. The summed E-state index contributed by atoms with van der Waals surface area (Å²) in [7, 11) is 1.21. The lowest BCUT2D eigenvalue weighted by Crippen LogP contribution is -2.30. The first-order chi connectivity index (χ1) is 12.1. The second-order valence-corrected chi connectivity index (χ2v) is 5.21. The average molecular weight is 344 g/mol. The van der Waals surface area contributed by atoms with Gasteiger partial charge in [-0.1, -0.05) is 6.07 Å². The van der Waals surface area contributed by atoms with Gasteiger partial charge in [0.05, 0.1) is 7.11 Å². The number of hydrogen-bond donors (Lipinski definition) is 2. The number of ether oxygens (including phenoxy) is 3. The van der Waals surface area contributed by atoms with Gasteiger partial charge in [-0.3, -0.25) is 9.59 Å². The molecule has 8 heteroatoms. The van der Waals surface area contributed by atoms with E-state index in [2.05, 4.69) is 15.0 Å². The molecule has 0 saturated carbocycles. The minimum atomic E-state index is -0.670. The van der Waals surface area contributed by atoms with Crippen molar-refractivity contribution in [2.24, 2.45) is 0 Å². The number of methoxy groups -OCH3 is 1. The number of esters is 1. The summed E-state index contributed by atoms with van der Waals surface area (Å²) in [6, 6.07) is 6.78. The molecule has 1 amide bonds. The summed E-state index contributed by atoms with van der Waals surface area (Å²) >= 11 is 0. The normalized spacial score (nSPS) is 12.4. The van der Waals surface area contributed by atoms with E-state index < -0.39 is 11.9 Å². The molecule has 0 bridgehead atoms. The number of aromatic hydroxyl groups is 1. The number of nitrogens with zero attached hydrogens (tertiary/aromatic N) is 1. The number of pyridine rings is 1. The van der Waals surface area contributed by atoms with Crippen molar-refractivity contribution in [3.8, 4) is 28.4 Å². The van der Waals surface area contributed by atoms with Gasteiger partial charge in [0.2, 0.25) is 0 Å². The standard InChI is InChI=1S/C17H16N2O6/c1-23-15(21)9-19-17(22)16-12(20)6-11(8-18-16)10-2-3-13-14(7-10)25-5-4-24-13/h2-3,6-8,20H,4-5,9H2,1H3,(H,19,22). The molecule has 0 radical (unpaired) electrons. The number of carbonyl (C=O) groups excluding carboxylic acids is 2. The number of nitrogens with one attached hydrogen (secondary N) is 1. The molecule has 0 saturated heterocycles. The Morgan fingerprint density at radius 2 is 1.96 bits per heavy atom. The highest BCUT2D eigenvalue weighted by Gasteiger charge is 2.17. The predicted molar refractivity (Wildman–Crippen MR) is 86.7 cm³/mol. The molecule has 2 N–H and O–H groups in total. The zero-order chi connectivity index (χ0) is 17.8. The Morgan fingerprint density at radius 1 is 1.20 bits per heavy atom. The van der Waals surface area contributed by atoms with Crippen molar-refractivity contribution in [1.29, 1.82) is 0 Å². The second kappa shape index (κ2) is 7.08. The van der Waals surface area contributed by atoms with Crippen LogP contribution in [0.25, 0.3) is 11.1 Å². The van der Waals surface area contributed by atoms with Crippen LogP contribution in [0.5, 0.6) is 17.2 Å². The highest BCUT2D eigenvalue weighted by atomic mass is 16.6. The van der Waals surface area contributed by atoms with Crippen molar-refractivity contribution >= 4 is 11.9 Å². The van der Waals surface area contributed by atoms with E-state index in [1.807, 2.05) is 0 Å². The molecule has 130 valence electrons. The minimum Gasteiger partial charge on any atom is -0.505 e. The van der Waals surface area contributed by atoms with Gasteiger partial charge >= 0.3 is 5.97 Å². The molecule has 1 aliphatic rings. The van der Waals surface area contributed by atoms with Crippen LogP contribution < -0.4 is 14.8 Å². The van der Waals surface area contributed by atoms with Crippen molar-refractivity contribution < 1.29 is 28.9 Å². The second-order valence-electron chi connectivity index (χ2n) is 5.21. The van der Waals surface area contributed by atoms with Gasteiger partial charge in [-0.25, -0.2) is 4.98 Å². The fourth-order valence-corrected chi connectivity index (χ4v) is 2.32. The molecule has 1 aromatic carbocycles. The van der Waals surface area contributed by atoms with Crippen molar-refractivity contribution in [3.05, 3.63) is 36.2 Å². The number of hydrogen-bond acceptors (Lipinski definition) is 7. The molecule has 1 aliphatic heterocycles. The first kappa shape index (κ1) is 16.6. The smallest absolute Gasteiger partial charge is 0.325 e. The third-order valence-corrected chi connectivity index (χ3v) is 3.58. The largest absolute Gasteiger partial charge is 0.505 e. The van der Waals surface area contributed by atoms with E-state index in [0.717, 1.165) is 5.56 Å². The highest BCUT2D eigenvalue weighted by molar-refractivity contribution is 5.96. The van der Waals surface area contributed by atoms with Gasteiger partial charge in [-0.05, 0) is 23.8 Å². The molecule has 3 rings (SSSR count). The molecular weight excluding hydrogens is 328 g/mol. The van der Waals surface area contributed by atoms with Crippen molar-refractivity contribution in [2.75, 3.05) is 26.9 Å². The molecule has 0 spiro atoms. The number of fused-ring (bicyclic) bond motifs is 1. The summed E-state index contributed by atoms with van der Waals surface area (Å²) in [5, 5.41) is 12.4. The van der Waals surface area contributed by atoms with Gasteiger partial charge in [0.1, 0.15) is 25.5 Å². The number of benzene rings is 1. The molecule has 2 aromatic rings. The molecule has 0 atom stereocenters. The molecule has 0 unspecified atom stereocenters. The van der Waals surface area contributed by atoms with Crippen LogP contribution in [0.15, 0.2) is 30.5 Å². The Balaban J connectivity index is 1.80. The Kier molecular flexibility index (Phi) is 4.69. The van der Waals surface area contributed by atoms with E-state index in [9.17, 15) is 14.7 Å². The molecule has 0 aliphatic carbocycles. The zero-order valence-corrected chi connectivity index (χ0v) is 13.4. The van der Waals surface area contributed by atoms with Gasteiger partial charge in [0, 0.05) is 11.8 Å². The first-order valence-electron chi connectivity index (χ1n) is 7.52. The Labute approximate surface area is 143 Å². The van der Waals surface area contributed by atoms with Gasteiger partial charge < -0.3 is 24.6 Å². The topological polar surface area (TPSA) is 107 Å². The molecule has 2 heterocycles. The molecule has 0 fully saturated rings. The maximum absolute atomic E-state index is 11.9. The van der Waals surface area contributed by atoms with E-state index in [0.29, 0.717) is 30.3 Å². The van der Waals surface area contributed by atoms with Crippen LogP contribution in [-0.4, -0.2) is 48.8 Å². The van der Waals surface area contributed by atoms with E-state index in [1.165, 1.54) is 19.4 Å².